The van der Waals surface area contributed by atoms with Gasteiger partial charge >= 0.3 is 5.97 Å². The third-order valence-electron chi connectivity index (χ3n) is 11.4. The van der Waals surface area contributed by atoms with E-state index in [1.165, 1.54) is 263 Å². The van der Waals surface area contributed by atoms with E-state index < -0.39 is 0 Å². The SMILES string of the molecule is CCCCCCCCCCCCCC=CC=CC=CC(=O)OCCCCCCCCCCCCCCCCCCCCCCCCCCCCCCCC. The summed E-state index contributed by atoms with van der Waals surface area (Å²) in [5, 5.41) is 0. The van der Waals surface area contributed by atoms with Crippen LogP contribution in [0, 0.1) is 0 Å². The molecule has 0 radical (unpaired) electrons. The largest absolute Gasteiger partial charge is 0.463 e. The summed E-state index contributed by atoms with van der Waals surface area (Å²) in [4.78, 5) is 11.9. The first kappa shape index (κ1) is 52.7. The Balaban J connectivity index is 3.25. The number of hydrogen-bond donors (Lipinski definition) is 0. The van der Waals surface area contributed by atoms with Crippen LogP contribution in [0.25, 0.3) is 0 Å². The topological polar surface area (TPSA) is 26.3 Å². The molecule has 0 unspecified atom stereocenters. The normalized spacial score (nSPS) is 12.0. The van der Waals surface area contributed by atoms with Gasteiger partial charge in [-0.3, -0.25) is 0 Å². The molecule has 0 saturated heterocycles. The minimum atomic E-state index is -0.222. The highest BCUT2D eigenvalue weighted by molar-refractivity contribution is 5.82. The van der Waals surface area contributed by atoms with Gasteiger partial charge < -0.3 is 4.74 Å². The molecule has 0 aliphatic carbocycles. The van der Waals surface area contributed by atoms with Crippen LogP contribution in [0.1, 0.15) is 284 Å². The standard InChI is InChI=1S/C52H98O2/c1-3-5-7-9-11-13-15-17-19-21-22-23-24-25-26-27-28-29-30-31-32-33-35-37-39-41-43-45-47-49-51-54-52(53)50-48-46-44-42-40-38-36-34-20-18-16-14-12-10-8-6-4-2/h40,42,44,46,48,50H,3-39,41,43,45,47,49,51H2,1-2H3. The summed E-state index contributed by atoms with van der Waals surface area (Å²) in [7, 11) is 0. The Labute approximate surface area is 341 Å². The van der Waals surface area contributed by atoms with E-state index in [1.54, 1.807) is 6.08 Å². The number of hydrogen-bond acceptors (Lipinski definition) is 2. The Morgan fingerprint density at radius 1 is 0.315 bits per heavy atom. The van der Waals surface area contributed by atoms with Crippen LogP contribution < -0.4 is 0 Å². The van der Waals surface area contributed by atoms with Crippen molar-refractivity contribution in [1.29, 1.82) is 0 Å². The molecule has 0 N–H and O–H groups in total. The van der Waals surface area contributed by atoms with Crippen molar-refractivity contribution in [2.75, 3.05) is 6.61 Å². The van der Waals surface area contributed by atoms with Crippen molar-refractivity contribution in [1.82, 2.24) is 0 Å². The first-order valence-electron chi connectivity index (χ1n) is 25.0. The lowest BCUT2D eigenvalue weighted by Crippen LogP contribution is -2.02. The van der Waals surface area contributed by atoms with Crippen molar-refractivity contribution in [3.05, 3.63) is 36.5 Å². The molecule has 318 valence electrons. The van der Waals surface area contributed by atoms with Gasteiger partial charge in [0.2, 0.25) is 0 Å². The van der Waals surface area contributed by atoms with E-state index in [-0.39, 0.29) is 5.97 Å². The number of carbonyl (C=O) groups excluding carboxylic acids is 1. The van der Waals surface area contributed by atoms with Gasteiger partial charge in [-0.05, 0) is 19.3 Å². The Bertz CT molecular complexity index is 779. The van der Waals surface area contributed by atoms with Gasteiger partial charge in [0.15, 0.2) is 0 Å². The molecule has 0 aliphatic rings. The molecule has 0 fully saturated rings. The maximum Gasteiger partial charge on any atom is 0.330 e. The van der Waals surface area contributed by atoms with Crippen LogP contribution in [0.3, 0.4) is 0 Å². The van der Waals surface area contributed by atoms with Crippen molar-refractivity contribution in [2.45, 2.75) is 284 Å². The summed E-state index contributed by atoms with van der Waals surface area (Å²) in [5.41, 5.74) is 0. The minimum Gasteiger partial charge on any atom is -0.463 e. The number of ether oxygens (including phenoxy) is 1. The molecule has 0 rings (SSSR count). The van der Waals surface area contributed by atoms with E-state index in [2.05, 4.69) is 26.0 Å². The molecule has 0 aromatic rings. The Kier molecular flexibility index (Phi) is 48.5. The molecule has 0 amide bonds. The molecular weight excluding hydrogens is 657 g/mol. The molecule has 0 bridgehead atoms. The van der Waals surface area contributed by atoms with Crippen LogP contribution in [-0.2, 0) is 9.53 Å². The second-order valence-corrected chi connectivity index (χ2v) is 16.9. The highest BCUT2D eigenvalue weighted by atomic mass is 16.5. The maximum atomic E-state index is 11.9. The van der Waals surface area contributed by atoms with Gasteiger partial charge in [-0.1, -0.05) is 295 Å². The number of rotatable bonds is 46. The number of unbranched alkanes of at least 4 members (excludes halogenated alkanes) is 40. The van der Waals surface area contributed by atoms with Crippen LogP contribution in [0.5, 0.6) is 0 Å². The molecule has 2 nitrogen and oxygen atoms in total. The third-order valence-corrected chi connectivity index (χ3v) is 11.4. The summed E-state index contributed by atoms with van der Waals surface area (Å²) >= 11 is 0. The minimum absolute atomic E-state index is 0.222. The van der Waals surface area contributed by atoms with E-state index in [4.69, 9.17) is 4.74 Å². The van der Waals surface area contributed by atoms with Gasteiger partial charge in [-0.2, -0.15) is 0 Å². The molecule has 0 spiro atoms. The van der Waals surface area contributed by atoms with Crippen molar-refractivity contribution >= 4 is 5.97 Å². The number of carbonyl (C=O) groups is 1. The Morgan fingerprint density at radius 2 is 0.574 bits per heavy atom. The van der Waals surface area contributed by atoms with Crippen molar-refractivity contribution in [3.63, 3.8) is 0 Å². The van der Waals surface area contributed by atoms with Gasteiger partial charge in [-0.15, -0.1) is 0 Å². The fourth-order valence-electron chi connectivity index (χ4n) is 7.71. The van der Waals surface area contributed by atoms with Gasteiger partial charge in [0, 0.05) is 6.08 Å². The molecule has 2 heteroatoms. The van der Waals surface area contributed by atoms with Crippen LogP contribution >= 0.6 is 0 Å². The van der Waals surface area contributed by atoms with Crippen LogP contribution in [0.4, 0.5) is 0 Å². The Morgan fingerprint density at radius 3 is 0.889 bits per heavy atom. The number of allylic oxidation sites excluding steroid dienone is 5. The first-order chi connectivity index (χ1) is 26.8. The molecule has 0 heterocycles. The number of esters is 1. The second-order valence-electron chi connectivity index (χ2n) is 16.9. The second kappa shape index (κ2) is 49.7. The fourth-order valence-corrected chi connectivity index (χ4v) is 7.71. The lowest BCUT2D eigenvalue weighted by molar-refractivity contribution is -0.137. The van der Waals surface area contributed by atoms with Gasteiger partial charge in [0.1, 0.15) is 0 Å². The predicted octanol–water partition coefficient (Wildman–Crippen LogP) is 18.6. The van der Waals surface area contributed by atoms with Crippen LogP contribution in [0.15, 0.2) is 36.5 Å². The molecule has 0 aromatic carbocycles. The van der Waals surface area contributed by atoms with Gasteiger partial charge in [0.05, 0.1) is 6.61 Å². The quantitative estimate of drug-likeness (QED) is 0.0268. The van der Waals surface area contributed by atoms with Gasteiger partial charge in [0.25, 0.3) is 0 Å². The van der Waals surface area contributed by atoms with Crippen molar-refractivity contribution in [3.8, 4) is 0 Å². The summed E-state index contributed by atoms with van der Waals surface area (Å²) in [6.07, 6.45) is 70.5. The van der Waals surface area contributed by atoms with Crippen LogP contribution in [0.2, 0.25) is 0 Å². The van der Waals surface area contributed by atoms with E-state index in [0.717, 1.165) is 12.8 Å². The maximum absolute atomic E-state index is 11.9. The molecule has 0 aliphatic heterocycles. The lowest BCUT2D eigenvalue weighted by Gasteiger charge is -2.05. The lowest BCUT2D eigenvalue weighted by atomic mass is 10.0. The zero-order valence-corrected chi connectivity index (χ0v) is 37.2. The predicted molar refractivity (Wildman–Crippen MR) is 244 cm³/mol. The molecule has 54 heavy (non-hydrogen) atoms. The molecule has 0 atom stereocenters. The highest BCUT2D eigenvalue weighted by Gasteiger charge is 1.99. The smallest absolute Gasteiger partial charge is 0.330 e. The zero-order chi connectivity index (χ0) is 38.9. The fraction of sp³-hybridized carbons (Fsp3) is 0.865. The molecule has 0 saturated carbocycles. The van der Waals surface area contributed by atoms with Gasteiger partial charge in [-0.25, -0.2) is 4.79 Å². The van der Waals surface area contributed by atoms with Crippen molar-refractivity contribution < 1.29 is 9.53 Å². The first-order valence-corrected chi connectivity index (χ1v) is 25.0. The molecule has 0 aromatic heterocycles. The van der Waals surface area contributed by atoms with Crippen LogP contribution in [-0.4, -0.2) is 12.6 Å². The van der Waals surface area contributed by atoms with Crippen molar-refractivity contribution in [2.24, 2.45) is 0 Å². The third kappa shape index (κ3) is 48.7. The van der Waals surface area contributed by atoms with E-state index in [0.29, 0.717) is 6.61 Å². The zero-order valence-electron chi connectivity index (χ0n) is 37.2. The summed E-state index contributed by atoms with van der Waals surface area (Å²) < 4.78 is 5.36. The monoisotopic (exact) mass is 755 g/mol. The average Bonchev–Trinajstić information content (AvgIpc) is 3.18. The summed E-state index contributed by atoms with van der Waals surface area (Å²) in [6, 6.07) is 0. The van der Waals surface area contributed by atoms with E-state index >= 15 is 0 Å². The molecular formula is C52H98O2. The highest BCUT2D eigenvalue weighted by Crippen LogP contribution is 2.17. The average molecular weight is 755 g/mol. The van der Waals surface area contributed by atoms with E-state index in [1.807, 2.05) is 12.2 Å². The Hall–Kier alpha value is -1.31. The summed E-state index contributed by atoms with van der Waals surface area (Å²) in [6.45, 7) is 5.14. The summed E-state index contributed by atoms with van der Waals surface area (Å²) in [5.74, 6) is -0.222. The van der Waals surface area contributed by atoms with E-state index in [9.17, 15) is 4.79 Å².